The van der Waals surface area contributed by atoms with E-state index in [0.717, 1.165) is 39.0 Å². The van der Waals surface area contributed by atoms with Crippen molar-refractivity contribution in [2.45, 2.75) is 33.5 Å². The number of allylic oxidation sites excluding steroid dienone is 1. The Bertz CT molecular complexity index is 1230. The largest absolute Gasteiger partial charge is 0.462 e. The first-order chi connectivity index (χ1) is 15.9. The van der Waals surface area contributed by atoms with Crippen molar-refractivity contribution in [1.29, 1.82) is 0 Å². The number of fused-ring (bicyclic) bond motifs is 1. The molecule has 0 spiro atoms. The van der Waals surface area contributed by atoms with Crippen molar-refractivity contribution in [2.24, 2.45) is 10.4 Å². The van der Waals surface area contributed by atoms with E-state index in [0.29, 0.717) is 18.6 Å². The number of nitrogens with one attached hydrogen (secondary N) is 1. The Morgan fingerprint density at radius 2 is 1.85 bits per heavy atom. The third-order valence-electron chi connectivity index (χ3n) is 6.02. The fourth-order valence-electron chi connectivity index (χ4n) is 4.45. The minimum atomic E-state index is -0.523. The van der Waals surface area contributed by atoms with Gasteiger partial charge in [0.1, 0.15) is 0 Å². The molecule has 1 aliphatic rings. The van der Waals surface area contributed by atoms with Crippen LogP contribution in [0.1, 0.15) is 48.8 Å². The van der Waals surface area contributed by atoms with Gasteiger partial charge < -0.3 is 19.2 Å². The molecule has 2 aromatic carbocycles. The molecule has 0 radical (unpaired) electrons. The molecule has 33 heavy (non-hydrogen) atoms. The summed E-state index contributed by atoms with van der Waals surface area (Å²) in [4.78, 5) is 20.7. The Morgan fingerprint density at radius 3 is 2.58 bits per heavy atom. The van der Waals surface area contributed by atoms with Crippen LogP contribution in [0.2, 0.25) is 0 Å². The van der Waals surface area contributed by atoms with Crippen molar-refractivity contribution in [3.05, 3.63) is 77.2 Å². The maximum absolute atomic E-state index is 12.4. The summed E-state index contributed by atoms with van der Waals surface area (Å²) in [5, 5.41) is 2.25. The Labute approximate surface area is 194 Å². The first-order valence-corrected chi connectivity index (χ1v) is 11.1. The summed E-state index contributed by atoms with van der Waals surface area (Å²) < 4.78 is 16.3. The van der Waals surface area contributed by atoms with Gasteiger partial charge in [0.25, 0.3) is 0 Å². The molecule has 0 unspecified atom stereocenters. The summed E-state index contributed by atoms with van der Waals surface area (Å²) in [7, 11) is 3.24. The summed E-state index contributed by atoms with van der Waals surface area (Å²) in [5.41, 5.74) is 4.82. The van der Waals surface area contributed by atoms with Gasteiger partial charge in [-0.2, -0.15) is 0 Å². The number of rotatable bonds is 7. The van der Waals surface area contributed by atoms with E-state index in [9.17, 15) is 4.79 Å². The number of aliphatic imine (C=N–C) groups is 1. The lowest BCUT2D eigenvalue weighted by Crippen LogP contribution is -2.34. The van der Waals surface area contributed by atoms with Crippen LogP contribution in [0, 0.1) is 5.41 Å². The number of esters is 1. The van der Waals surface area contributed by atoms with Gasteiger partial charge in [-0.05, 0) is 29.3 Å². The molecule has 0 saturated heterocycles. The standard InChI is InChI=1S/C27H30N2O4/c1-6-33-25(30)18-14-21(28-16-18)23(20-13-9-11-17-10-7-8-12-19(17)20)22-15-27(2,3)24(29-22)26(31-4)32-5/h7-14,16,26,28H,6,15H2,1-5H3/b23-22-. The van der Waals surface area contributed by atoms with Crippen molar-refractivity contribution < 1.29 is 19.0 Å². The minimum absolute atomic E-state index is 0.252. The lowest BCUT2D eigenvalue weighted by molar-refractivity contribution is -0.0561. The fraction of sp³-hybridized carbons (Fsp3) is 0.333. The molecule has 0 bridgehead atoms. The van der Waals surface area contributed by atoms with Crippen LogP contribution < -0.4 is 0 Å². The lowest BCUT2D eigenvalue weighted by Gasteiger charge is -2.24. The van der Waals surface area contributed by atoms with E-state index in [1.165, 1.54) is 0 Å². The van der Waals surface area contributed by atoms with E-state index in [4.69, 9.17) is 19.2 Å². The van der Waals surface area contributed by atoms with Crippen molar-refractivity contribution in [3.63, 3.8) is 0 Å². The zero-order valence-electron chi connectivity index (χ0n) is 19.8. The number of aromatic nitrogens is 1. The number of carbonyl (C=O) groups excluding carboxylic acids is 1. The smallest absolute Gasteiger partial charge is 0.339 e. The second kappa shape index (κ2) is 9.33. The van der Waals surface area contributed by atoms with Gasteiger partial charge in [0.2, 0.25) is 0 Å². The maximum Gasteiger partial charge on any atom is 0.339 e. The quantitative estimate of drug-likeness (QED) is 0.379. The number of nitrogens with zero attached hydrogens (tertiary/aromatic N) is 1. The van der Waals surface area contributed by atoms with E-state index in [1.807, 2.05) is 24.3 Å². The number of benzene rings is 2. The van der Waals surface area contributed by atoms with Crippen LogP contribution in [0.15, 0.2) is 65.4 Å². The molecule has 3 aromatic rings. The number of aromatic amines is 1. The molecule has 0 amide bonds. The van der Waals surface area contributed by atoms with E-state index in [-0.39, 0.29) is 11.4 Å². The highest BCUT2D eigenvalue weighted by atomic mass is 16.7. The van der Waals surface area contributed by atoms with Crippen molar-refractivity contribution >= 4 is 28.0 Å². The maximum atomic E-state index is 12.4. The number of ether oxygens (including phenoxy) is 3. The average molecular weight is 447 g/mol. The SMILES string of the molecule is CCOC(=O)c1c[nH]c(/C(=C2/CC(C)(C)C(C(OC)OC)=N2)c2cccc3ccccc23)c1. The average Bonchev–Trinajstić information content (AvgIpc) is 3.40. The first kappa shape index (κ1) is 23.0. The summed E-state index contributed by atoms with van der Waals surface area (Å²) in [6, 6.07) is 16.4. The highest BCUT2D eigenvalue weighted by Crippen LogP contribution is 2.43. The van der Waals surface area contributed by atoms with Crippen LogP contribution in [0.3, 0.4) is 0 Å². The van der Waals surface area contributed by atoms with Crippen molar-refractivity contribution in [1.82, 2.24) is 4.98 Å². The second-order valence-corrected chi connectivity index (χ2v) is 8.73. The third kappa shape index (κ3) is 4.36. The summed E-state index contributed by atoms with van der Waals surface area (Å²) in [6.45, 7) is 6.41. The Morgan fingerprint density at radius 1 is 1.12 bits per heavy atom. The van der Waals surface area contributed by atoms with Gasteiger partial charge in [0, 0.05) is 43.5 Å². The van der Waals surface area contributed by atoms with Crippen LogP contribution in [-0.4, -0.2) is 43.8 Å². The zero-order valence-corrected chi connectivity index (χ0v) is 19.8. The van der Waals surface area contributed by atoms with E-state index in [1.54, 1.807) is 27.3 Å². The molecule has 0 aliphatic carbocycles. The van der Waals surface area contributed by atoms with Crippen LogP contribution in [-0.2, 0) is 14.2 Å². The fourth-order valence-corrected chi connectivity index (χ4v) is 4.45. The number of hydrogen-bond donors (Lipinski definition) is 1. The van der Waals surface area contributed by atoms with Gasteiger partial charge in [-0.25, -0.2) is 4.79 Å². The molecule has 0 fully saturated rings. The Balaban J connectivity index is 1.96. The number of H-pyrrole nitrogens is 1. The molecule has 172 valence electrons. The van der Waals surface area contributed by atoms with Gasteiger partial charge in [-0.15, -0.1) is 0 Å². The van der Waals surface area contributed by atoms with Crippen molar-refractivity contribution in [2.75, 3.05) is 20.8 Å². The monoisotopic (exact) mass is 446 g/mol. The third-order valence-corrected chi connectivity index (χ3v) is 6.02. The predicted molar refractivity (Wildman–Crippen MR) is 130 cm³/mol. The second-order valence-electron chi connectivity index (χ2n) is 8.73. The number of hydrogen-bond acceptors (Lipinski definition) is 5. The molecule has 4 rings (SSSR count). The molecule has 6 nitrogen and oxygen atoms in total. The van der Waals surface area contributed by atoms with Crippen LogP contribution in [0.25, 0.3) is 16.3 Å². The highest BCUT2D eigenvalue weighted by Gasteiger charge is 2.39. The molecule has 6 heteroatoms. The Kier molecular flexibility index (Phi) is 6.49. The highest BCUT2D eigenvalue weighted by molar-refractivity contribution is 6.02. The predicted octanol–water partition coefficient (Wildman–Crippen LogP) is 5.59. The normalized spacial score (nSPS) is 16.8. The van der Waals surface area contributed by atoms with Crippen LogP contribution >= 0.6 is 0 Å². The molecule has 1 aromatic heterocycles. The van der Waals surface area contributed by atoms with E-state index >= 15 is 0 Å². The molecule has 1 aliphatic heterocycles. The molecule has 0 atom stereocenters. The van der Waals surface area contributed by atoms with Gasteiger partial charge in [-0.1, -0.05) is 56.3 Å². The number of carbonyl (C=O) groups is 1. The molecule has 0 saturated carbocycles. The first-order valence-electron chi connectivity index (χ1n) is 11.1. The van der Waals surface area contributed by atoms with Gasteiger partial charge >= 0.3 is 5.97 Å². The van der Waals surface area contributed by atoms with Gasteiger partial charge in [0.15, 0.2) is 6.29 Å². The van der Waals surface area contributed by atoms with E-state index in [2.05, 4.69) is 43.1 Å². The Hall–Kier alpha value is -3.22. The summed E-state index contributed by atoms with van der Waals surface area (Å²) in [6.07, 6.45) is 1.87. The van der Waals surface area contributed by atoms with Gasteiger partial charge in [-0.3, -0.25) is 4.99 Å². The number of methoxy groups -OCH3 is 2. The van der Waals surface area contributed by atoms with Crippen molar-refractivity contribution in [3.8, 4) is 0 Å². The molecular formula is C27H30N2O4. The molecular weight excluding hydrogens is 416 g/mol. The van der Waals surface area contributed by atoms with Crippen LogP contribution in [0.4, 0.5) is 0 Å². The van der Waals surface area contributed by atoms with Gasteiger partial charge in [0.05, 0.1) is 23.6 Å². The molecule has 1 N–H and O–H groups in total. The molecule has 2 heterocycles. The zero-order chi connectivity index (χ0) is 23.6. The minimum Gasteiger partial charge on any atom is -0.462 e. The lowest BCUT2D eigenvalue weighted by atomic mass is 9.83. The van der Waals surface area contributed by atoms with E-state index < -0.39 is 6.29 Å². The van der Waals surface area contributed by atoms with Crippen LogP contribution in [0.5, 0.6) is 0 Å². The summed E-state index contributed by atoms with van der Waals surface area (Å²) >= 11 is 0. The topological polar surface area (TPSA) is 72.9 Å². The summed E-state index contributed by atoms with van der Waals surface area (Å²) in [5.74, 6) is -0.350.